The van der Waals surface area contributed by atoms with Crippen molar-refractivity contribution in [2.75, 3.05) is 6.61 Å². The summed E-state index contributed by atoms with van der Waals surface area (Å²) in [5.74, 6) is 0.605. The molecule has 0 aliphatic carbocycles. The van der Waals surface area contributed by atoms with Crippen LogP contribution in [-0.4, -0.2) is 18.1 Å². The summed E-state index contributed by atoms with van der Waals surface area (Å²) in [5.41, 5.74) is -0.211. The van der Waals surface area contributed by atoms with Crippen LogP contribution in [-0.2, 0) is 4.79 Å². The van der Waals surface area contributed by atoms with Crippen molar-refractivity contribution >= 4 is 5.91 Å². The molecule has 98 valence electrons. The van der Waals surface area contributed by atoms with E-state index in [-0.39, 0.29) is 19.5 Å². The van der Waals surface area contributed by atoms with Gasteiger partial charge in [-0.1, -0.05) is 32.0 Å². The number of rotatable bonds is 3. The Morgan fingerprint density at radius 3 is 2.24 bits per heavy atom. The Bertz CT molecular complexity index is 320. The average molecular weight is 239 g/mol. The zero-order valence-corrected chi connectivity index (χ0v) is 11.4. The smallest absolute Gasteiger partial charge is 0.258 e. The minimum absolute atomic E-state index is 0. The van der Waals surface area contributed by atoms with Crippen molar-refractivity contribution in [1.82, 2.24) is 5.32 Å². The molecule has 17 heavy (non-hydrogen) atoms. The molecule has 1 aromatic rings. The maximum Gasteiger partial charge on any atom is 0.258 e. The van der Waals surface area contributed by atoms with Crippen molar-refractivity contribution in [2.24, 2.45) is 0 Å². The SMILES string of the molecule is CC.CC(C)(C)NC(=O)COc1ccccc1.[HH]. The van der Waals surface area contributed by atoms with Gasteiger partial charge in [0, 0.05) is 6.97 Å². The third kappa shape index (κ3) is 8.31. The molecule has 1 amide bonds. The molecule has 0 heterocycles. The fourth-order valence-electron chi connectivity index (χ4n) is 1.12. The van der Waals surface area contributed by atoms with Gasteiger partial charge in [-0.05, 0) is 32.9 Å². The third-order valence-electron chi connectivity index (χ3n) is 1.63. The lowest BCUT2D eigenvalue weighted by Crippen LogP contribution is -2.43. The number of amides is 1. The van der Waals surface area contributed by atoms with Gasteiger partial charge >= 0.3 is 0 Å². The molecule has 0 fully saturated rings. The highest BCUT2D eigenvalue weighted by atomic mass is 16.5. The van der Waals surface area contributed by atoms with E-state index in [1.165, 1.54) is 0 Å². The Hall–Kier alpha value is -1.51. The summed E-state index contributed by atoms with van der Waals surface area (Å²) in [4.78, 5) is 11.4. The highest BCUT2D eigenvalue weighted by Gasteiger charge is 2.13. The molecule has 0 bridgehead atoms. The number of hydrogen-bond acceptors (Lipinski definition) is 2. The molecule has 1 N–H and O–H groups in total. The summed E-state index contributed by atoms with van der Waals surface area (Å²) in [6.45, 7) is 9.87. The van der Waals surface area contributed by atoms with Crippen molar-refractivity contribution in [2.45, 2.75) is 40.2 Å². The molecular weight excluding hydrogens is 214 g/mol. The van der Waals surface area contributed by atoms with E-state index in [0.29, 0.717) is 5.75 Å². The van der Waals surface area contributed by atoms with E-state index in [1.807, 2.05) is 65.0 Å². The summed E-state index contributed by atoms with van der Waals surface area (Å²) < 4.78 is 5.30. The highest BCUT2D eigenvalue weighted by molar-refractivity contribution is 5.78. The monoisotopic (exact) mass is 239 g/mol. The molecule has 1 rings (SSSR count). The molecule has 0 aliphatic rings. The first-order chi connectivity index (χ1) is 7.97. The number of hydrogen-bond donors (Lipinski definition) is 1. The lowest BCUT2D eigenvalue weighted by Gasteiger charge is -2.20. The number of benzene rings is 1. The van der Waals surface area contributed by atoms with Gasteiger partial charge in [0.1, 0.15) is 5.75 Å². The first kappa shape index (κ1) is 15.5. The van der Waals surface area contributed by atoms with Crippen LogP contribution in [0.15, 0.2) is 30.3 Å². The molecule has 0 atom stereocenters. The topological polar surface area (TPSA) is 38.3 Å². The Morgan fingerprint density at radius 2 is 1.76 bits per heavy atom. The van der Waals surface area contributed by atoms with Gasteiger partial charge in [-0.25, -0.2) is 0 Å². The maximum absolute atomic E-state index is 11.4. The second-order valence-electron chi connectivity index (χ2n) is 4.40. The second kappa shape index (κ2) is 7.71. The van der Waals surface area contributed by atoms with E-state index in [1.54, 1.807) is 0 Å². The van der Waals surface area contributed by atoms with E-state index in [4.69, 9.17) is 4.74 Å². The summed E-state index contributed by atoms with van der Waals surface area (Å²) in [6.07, 6.45) is 0. The molecule has 0 aromatic heterocycles. The van der Waals surface area contributed by atoms with Crippen LogP contribution in [0, 0.1) is 0 Å². The van der Waals surface area contributed by atoms with Crippen molar-refractivity contribution in [3.05, 3.63) is 30.3 Å². The lowest BCUT2D eigenvalue weighted by atomic mass is 10.1. The van der Waals surface area contributed by atoms with E-state index in [9.17, 15) is 4.79 Å². The van der Waals surface area contributed by atoms with Gasteiger partial charge in [-0.15, -0.1) is 0 Å². The average Bonchev–Trinajstić information content (AvgIpc) is 2.28. The Balaban J connectivity index is 0. The number of carbonyl (C=O) groups is 1. The number of ether oxygens (including phenoxy) is 1. The predicted octanol–water partition coefficient (Wildman–Crippen LogP) is 3.25. The Morgan fingerprint density at radius 1 is 1.24 bits per heavy atom. The number of para-hydroxylation sites is 1. The molecule has 0 radical (unpaired) electrons. The van der Waals surface area contributed by atoms with E-state index < -0.39 is 0 Å². The summed E-state index contributed by atoms with van der Waals surface area (Å²) in [7, 11) is 0. The van der Waals surface area contributed by atoms with Crippen LogP contribution in [0.4, 0.5) is 0 Å². The Kier molecular flexibility index (Phi) is 7.03. The summed E-state index contributed by atoms with van der Waals surface area (Å²) in [5, 5.41) is 2.83. The van der Waals surface area contributed by atoms with Gasteiger partial charge in [-0.3, -0.25) is 4.79 Å². The first-order valence-corrected chi connectivity index (χ1v) is 5.96. The molecular formula is C14H25NO2. The van der Waals surface area contributed by atoms with Gasteiger partial charge in [0.05, 0.1) is 0 Å². The van der Waals surface area contributed by atoms with Crippen LogP contribution in [0.25, 0.3) is 0 Å². The molecule has 0 saturated carbocycles. The van der Waals surface area contributed by atoms with Crippen LogP contribution < -0.4 is 10.1 Å². The molecule has 0 unspecified atom stereocenters. The van der Waals surface area contributed by atoms with Gasteiger partial charge in [0.25, 0.3) is 5.91 Å². The zero-order valence-electron chi connectivity index (χ0n) is 11.4. The van der Waals surface area contributed by atoms with Crippen molar-refractivity contribution in [1.29, 1.82) is 0 Å². The molecule has 1 aromatic carbocycles. The van der Waals surface area contributed by atoms with Crippen molar-refractivity contribution < 1.29 is 11.0 Å². The lowest BCUT2D eigenvalue weighted by molar-refractivity contribution is -0.124. The normalized spacial score (nSPS) is 9.94. The van der Waals surface area contributed by atoms with Crippen LogP contribution in [0.2, 0.25) is 0 Å². The van der Waals surface area contributed by atoms with Crippen molar-refractivity contribution in [3.8, 4) is 5.75 Å². The van der Waals surface area contributed by atoms with Gasteiger partial charge < -0.3 is 10.1 Å². The minimum Gasteiger partial charge on any atom is -0.484 e. The summed E-state index contributed by atoms with van der Waals surface area (Å²) >= 11 is 0. The quantitative estimate of drug-likeness (QED) is 0.879. The molecule has 0 aliphatic heterocycles. The molecule has 3 heteroatoms. The fourth-order valence-corrected chi connectivity index (χ4v) is 1.12. The summed E-state index contributed by atoms with van der Waals surface area (Å²) in [6, 6.07) is 9.30. The van der Waals surface area contributed by atoms with Crippen LogP contribution in [0.5, 0.6) is 5.75 Å². The van der Waals surface area contributed by atoms with Gasteiger partial charge in [0.15, 0.2) is 6.61 Å². The number of nitrogens with one attached hydrogen (secondary N) is 1. The third-order valence-corrected chi connectivity index (χ3v) is 1.63. The predicted molar refractivity (Wildman–Crippen MR) is 73.3 cm³/mol. The van der Waals surface area contributed by atoms with E-state index in [0.717, 1.165) is 0 Å². The van der Waals surface area contributed by atoms with Crippen LogP contribution in [0.1, 0.15) is 36.0 Å². The number of carbonyl (C=O) groups excluding carboxylic acids is 1. The largest absolute Gasteiger partial charge is 0.484 e. The molecule has 0 spiro atoms. The first-order valence-electron chi connectivity index (χ1n) is 5.96. The van der Waals surface area contributed by atoms with Crippen LogP contribution in [0.3, 0.4) is 0 Å². The van der Waals surface area contributed by atoms with Crippen LogP contribution >= 0.6 is 0 Å². The Labute approximate surface area is 106 Å². The highest BCUT2D eigenvalue weighted by Crippen LogP contribution is 2.08. The standard InChI is InChI=1S/C12H17NO2.C2H6.H2/c1-12(2,3)13-11(14)9-15-10-7-5-4-6-8-10;1-2;/h4-8H,9H2,1-3H3,(H,13,14);1-2H3;1H. The zero-order chi connectivity index (χ0) is 13.3. The molecule has 0 saturated heterocycles. The van der Waals surface area contributed by atoms with E-state index >= 15 is 0 Å². The fraction of sp³-hybridized carbons (Fsp3) is 0.500. The van der Waals surface area contributed by atoms with E-state index in [2.05, 4.69) is 5.32 Å². The molecule has 3 nitrogen and oxygen atoms in total. The van der Waals surface area contributed by atoms with Gasteiger partial charge in [-0.2, -0.15) is 0 Å². The van der Waals surface area contributed by atoms with Crippen molar-refractivity contribution in [3.63, 3.8) is 0 Å². The maximum atomic E-state index is 11.4. The minimum atomic E-state index is -0.211. The van der Waals surface area contributed by atoms with Gasteiger partial charge in [0.2, 0.25) is 0 Å². The second-order valence-corrected chi connectivity index (χ2v) is 4.40.